The van der Waals surface area contributed by atoms with Gasteiger partial charge >= 0.3 is 11.9 Å². The van der Waals surface area contributed by atoms with Crippen LogP contribution in [-0.2, 0) is 28.7 Å². The van der Waals surface area contributed by atoms with Crippen LogP contribution in [-0.4, -0.2) is 48.5 Å². The number of esters is 2. The molecule has 0 saturated carbocycles. The van der Waals surface area contributed by atoms with Gasteiger partial charge in [0.2, 0.25) is 5.91 Å². The first-order chi connectivity index (χ1) is 9.44. The van der Waals surface area contributed by atoms with Crippen LogP contribution in [0.3, 0.4) is 0 Å². The molecule has 0 fully saturated rings. The van der Waals surface area contributed by atoms with Gasteiger partial charge in [-0.3, -0.25) is 14.4 Å². The van der Waals surface area contributed by atoms with Crippen molar-refractivity contribution in [2.75, 3.05) is 19.5 Å². The highest BCUT2D eigenvalue weighted by Gasteiger charge is 2.23. The van der Waals surface area contributed by atoms with Crippen molar-refractivity contribution < 1.29 is 28.7 Å². The van der Waals surface area contributed by atoms with Crippen LogP contribution in [0.1, 0.15) is 26.7 Å². The van der Waals surface area contributed by atoms with Crippen LogP contribution in [0.2, 0.25) is 0 Å². The van der Waals surface area contributed by atoms with Gasteiger partial charge in [-0.25, -0.2) is 4.79 Å². The Kier molecular flexibility index (Phi) is 9.44. The quantitative estimate of drug-likeness (QED) is 0.507. The van der Waals surface area contributed by atoms with Gasteiger partial charge in [-0.2, -0.15) is 0 Å². The molecule has 0 spiro atoms. The Balaban J connectivity index is 4.41. The number of carbonyl (C=O) groups excluding carboxylic acids is 4. The van der Waals surface area contributed by atoms with Crippen LogP contribution in [0.25, 0.3) is 0 Å². The minimum atomic E-state index is -0.908. The number of thioether (sulfide) groups is 1. The largest absolute Gasteiger partial charge is 0.469 e. The van der Waals surface area contributed by atoms with E-state index in [-0.39, 0.29) is 31.1 Å². The fourth-order valence-electron chi connectivity index (χ4n) is 1.13. The Morgan fingerprint density at radius 1 is 1.20 bits per heavy atom. The van der Waals surface area contributed by atoms with E-state index in [0.717, 1.165) is 11.8 Å². The van der Waals surface area contributed by atoms with Crippen molar-refractivity contribution in [1.29, 1.82) is 0 Å². The second kappa shape index (κ2) is 10.2. The maximum absolute atomic E-state index is 11.6. The zero-order valence-corrected chi connectivity index (χ0v) is 12.6. The smallest absolute Gasteiger partial charge is 0.329 e. The molecule has 1 amide bonds. The Bertz CT molecular complexity index is 371. The van der Waals surface area contributed by atoms with E-state index in [1.807, 2.05) is 0 Å². The van der Waals surface area contributed by atoms with E-state index in [2.05, 4.69) is 10.1 Å². The van der Waals surface area contributed by atoms with Crippen LogP contribution >= 0.6 is 11.8 Å². The number of nitrogens with one attached hydrogen (secondary N) is 1. The zero-order valence-electron chi connectivity index (χ0n) is 11.8. The van der Waals surface area contributed by atoms with Gasteiger partial charge in [-0.15, -0.1) is 0 Å². The summed E-state index contributed by atoms with van der Waals surface area (Å²) in [6.45, 7) is 3.47. The van der Waals surface area contributed by atoms with Gasteiger partial charge in [0, 0.05) is 12.2 Å². The number of ether oxygens (including phenoxy) is 2. The third-order valence-electron chi connectivity index (χ3n) is 2.15. The second-order valence-electron chi connectivity index (χ2n) is 3.66. The average Bonchev–Trinajstić information content (AvgIpc) is 2.42. The Morgan fingerprint density at radius 2 is 1.85 bits per heavy atom. The monoisotopic (exact) mass is 305 g/mol. The summed E-state index contributed by atoms with van der Waals surface area (Å²) in [5, 5.41) is 2.04. The predicted octanol–water partition coefficient (Wildman–Crippen LogP) is 0.267. The Hall–Kier alpha value is -1.57. The van der Waals surface area contributed by atoms with Crippen molar-refractivity contribution in [1.82, 2.24) is 5.32 Å². The molecule has 7 nitrogen and oxygen atoms in total. The molecule has 0 aliphatic heterocycles. The fourth-order valence-corrected chi connectivity index (χ4v) is 1.92. The van der Waals surface area contributed by atoms with Gasteiger partial charge in [-0.05, 0) is 6.92 Å². The van der Waals surface area contributed by atoms with Gasteiger partial charge < -0.3 is 14.8 Å². The summed E-state index contributed by atoms with van der Waals surface area (Å²) in [4.78, 5) is 45.3. The lowest BCUT2D eigenvalue weighted by Crippen LogP contribution is -2.43. The number of carbonyl (C=O) groups is 4. The summed E-state index contributed by atoms with van der Waals surface area (Å²) in [6, 6.07) is -0.908. The molecule has 0 aromatic carbocycles. The molecule has 0 radical (unpaired) electrons. The van der Waals surface area contributed by atoms with E-state index < -0.39 is 23.1 Å². The molecule has 1 atom stereocenters. The summed E-state index contributed by atoms with van der Waals surface area (Å²) in [7, 11) is 1.18. The zero-order chi connectivity index (χ0) is 15.5. The van der Waals surface area contributed by atoms with Crippen LogP contribution < -0.4 is 5.32 Å². The molecule has 0 saturated heterocycles. The normalized spacial score (nSPS) is 11.3. The van der Waals surface area contributed by atoms with Crippen LogP contribution in [0.4, 0.5) is 0 Å². The van der Waals surface area contributed by atoms with Gasteiger partial charge in [-0.1, -0.05) is 18.7 Å². The third kappa shape index (κ3) is 7.78. The second-order valence-corrected chi connectivity index (χ2v) is 4.74. The number of rotatable bonds is 8. The van der Waals surface area contributed by atoms with Crippen molar-refractivity contribution >= 4 is 34.7 Å². The molecule has 0 aromatic rings. The molecule has 1 N–H and O–H groups in total. The maximum atomic E-state index is 11.6. The van der Waals surface area contributed by atoms with Gasteiger partial charge in [0.25, 0.3) is 0 Å². The molecule has 0 aliphatic rings. The SMILES string of the molecule is CCOC(=O)C(CSC(=O)CC(=O)OC)NC(=O)CC. The lowest BCUT2D eigenvalue weighted by Gasteiger charge is -2.16. The summed E-state index contributed by atoms with van der Waals surface area (Å²) < 4.78 is 9.18. The number of hydrogen-bond donors (Lipinski definition) is 1. The van der Waals surface area contributed by atoms with E-state index in [1.54, 1.807) is 13.8 Å². The molecule has 0 rings (SSSR count). The average molecular weight is 305 g/mol. The molecule has 0 heterocycles. The Labute approximate surface area is 121 Å². The predicted molar refractivity (Wildman–Crippen MR) is 73.0 cm³/mol. The van der Waals surface area contributed by atoms with E-state index in [9.17, 15) is 19.2 Å². The topological polar surface area (TPSA) is 98.8 Å². The lowest BCUT2D eigenvalue weighted by molar-refractivity contribution is -0.146. The van der Waals surface area contributed by atoms with E-state index >= 15 is 0 Å². The number of methoxy groups -OCH3 is 1. The van der Waals surface area contributed by atoms with E-state index in [4.69, 9.17) is 4.74 Å². The van der Waals surface area contributed by atoms with Crippen molar-refractivity contribution in [2.45, 2.75) is 32.7 Å². The molecule has 8 heteroatoms. The number of hydrogen-bond acceptors (Lipinski definition) is 7. The van der Waals surface area contributed by atoms with Crippen molar-refractivity contribution in [3.8, 4) is 0 Å². The molecular weight excluding hydrogens is 286 g/mol. The summed E-state index contributed by atoms with van der Waals surface area (Å²) in [6.07, 6.45) is -0.158. The Morgan fingerprint density at radius 3 is 2.35 bits per heavy atom. The van der Waals surface area contributed by atoms with Gasteiger partial charge in [0.1, 0.15) is 12.5 Å². The van der Waals surface area contributed by atoms with Crippen LogP contribution in [0, 0.1) is 0 Å². The molecule has 0 bridgehead atoms. The lowest BCUT2D eigenvalue weighted by atomic mass is 10.3. The summed E-state index contributed by atoms with van der Waals surface area (Å²) in [5.74, 6) is -1.55. The highest BCUT2D eigenvalue weighted by atomic mass is 32.2. The third-order valence-corrected chi connectivity index (χ3v) is 3.12. The minimum Gasteiger partial charge on any atom is -0.469 e. The van der Waals surface area contributed by atoms with Crippen molar-refractivity contribution in [3.63, 3.8) is 0 Å². The maximum Gasteiger partial charge on any atom is 0.329 e. The molecular formula is C12H19NO6S. The standard InChI is InChI=1S/C12H19NO6S/c1-4-9(14)13-8(12(17)19-5-2)7-20-11(16)6-10(15)18-3/h8H,4-7H2,1-3H3,(H,13,14). The number of amides is 1. The molecule has 20 heavy (non-hydrogen) atoms. The highest BCUT2D eigenvalue weighted by Crippen LogP contribution is 2.09. The first kappa shape index (κ1) is 18.4. The summed E-state index contributed by atoms with van der Waals surface area (Å²) >= 11 is 0.780. The molecule has 1 unspecified atom stereocenters. The highest BCUT2D eigenvalue weighted by molar-refractivity contribution is 8.13. The molecule has 0 aromatic heterocycles. The van der Waals surface area contributed by atoms with Crippen molar-refractivity contribution in [3.05, 3.63) is 0 Å². The van der Waals surface area contributed by atoms with E-state index in [0.29, 0.717) is 0 Å². The van der Waals surface area contributed by atoms with Crippen LogP contribution in [0.5, 0.6) is 0 Å². The summed E-state index contributed by atoms with van der Waals surface area (Å²) in [5.41, 5.74) is 0. The van der Waals surface area contributed by atoms with E-state index in [1.165, 1.54) is 7.11 Å². The van der Waals surface area contributed by atoms with Crippen molar-refractivity contribution in [2.24, 2.45) is 0 Å². The first-order valence-corrected chi connectivity index (χ1v) is 7.11. The first-order valence-electron chi connectivity index (χ1n) is 6.12. The fraction of sp³-hybridized carbons (Fsp3) is 0.667. The minimum absolute atomic E-state index is 0.0143. The van der Waals surface area contributed by atoms with Crippen LogP contribution in [0.15, 0.2) is 0 Å². The van der Waals surface area contributed by atoms with Gasteiger partial charge in [0.15, 0.2) is 5.12 Å². The molecule has 114 valence electrons. The van der Waals surface area contributed by atoms with Gasteiger partial charge in [0.05, 0.1) is 13.7 Å². The molecule has 0 aliphatic carbocycles.